The van der Waals surface area contributed by atoms with Gasteiger partial charge in [0.05, 0.1) is 6.61 Å². The lowest BCUT2D eigenvalue weighted by Crippen LogP contribution is -2.21. The Morgan fingerprint density at radius 2 is 2.32 bits per heavy atom. The highest BCUT2D eigenvalue weighted by molar-refractivity contribution is 5.71. The van der Waals surface area contributed by atoms with Gasteiger partial charge in [0.15, 0.2) is 6.61 Å². The summed E-state index contributed by atoms with van der Waals surface area (Å²) in [5, 5.41) is 3.33. The number of nitrogens with one attached hydrogen (secondary N) is 1. The quantitative estimate of drug-likeness (QED) is 0.828. The smallest absolute Gasteiger partial charge is 0.344 e. The summed E-state index contributed by atoms with van der Waals surface area (Å²) in [6.45, 7) is 2.14. The normalized spacial score (nSPS) is 17.7. The number of ether oxygens (including phenoxy) is 2. The number of hydrogen-bond donors (Lipinski definition) is 1. The molecule has 0 saturated carbocycles. The Kier molecular flexibility index (Phi) is 4.80. The van der Waals surface area contributed by atoms with E-state index in [0.29, 0.717) is 12.6 Å². The number of fused-ring (bicyclic) bond motifs is 1. The van der Waals surface area contributed by atoms with Crippen molar-refractivity contribution in [3.05, 3.63) is 29.3 Å². The van der Waals surface area contributed by atoms with Crippen molar-refractivity contribution in [3.63, 3.8) is 0 Å². The fourth-order valence-corrected chi connectivity index (χ4v) is 2.51. The molecule has 19 heavy (non-hydrogen) atoms. The maximum absolute atomic E-state index is 11.3. The minimum Gasteiger partial charge on any atom is -0.482 e. The van der Waals surface area contributed by atoms with E-state index in [1.54, 1.807) is 6.92 Å². The van der Waals surface area contributed by atoms with E-state index in [9.17, 15) is 4.79 Å². The van der Waals surface area contributed by atoms with Crippen LogP contribution < -0.4 is 10.1 Å². The van der Waals surface area contributed by atoms with Crippen molar-refractivity contribution in [1.29, 1.82) is 0 Å². The summed E-state index contributed by atoms with van der Waals surface area (Å²) in [6, 6.07) is 6.44. The van der Waals surface area contributed by atoms with Crippen molar-refractivity contribution >= 4 is 5.97 Å². The van der Waals surface area contributed by atoms with Crippen molar-refractivity contribution in [2.24, 2.45) is 0 Å². The Morgan fingerprint density at radius 1 is 1.47 bits per heavy atom. The molecule has 0 fully saturated rings. The van der Waals surface area contributed by atoms with Crippen LogP contribution in [0.15, 0.2) is 18.2 Å². The molecule has 1 N–H and O–H groups in total. The number of esters is 1. The predicted molar refractivity (Wildman–Crippen MR) is 73.3 cm³/mol. The molecule has 0 heterocycles. The second kappa shape index (κ2) is 6.57. The van der Waals surface area contributed by atoms with Gasteiger partial charge in [-0.15, -0.1) is 0 Å². The van der Waals surface area contributed by atoms with Crippen LogP contribution in [0.3, 0.4) is 0 Å². The molecule has 1 atom stereocenters. The van der Waals surface area contributed by atoms with Crippen LogP contribution in [0.1, 0.15) is 36.9 Å². The fraction of sp³-hybridized carbons (Fsp3) is 0.533. The van der Waals surface area contributed by atoms with Gasteiger partial charge in [-0.1, -0.05) is 6.07 Å². The van der Waals surface area contributed by atoms with Crippen LogP contribution in [0.4, 0.5) is 0 Å². The summed E-state index contributed by atoms with van der Waals surface area (Å²) >= 11 is 0. The third kappa shape index (κ3) is 3.47. The van der Waals surface area contributed by atoms with E-state index in [-0.39, 0.29) is 12.6 Å². The van der Waals surface area contributed by atoms with Crippen molar-refractivity contribution in [3.8, 4) is 5.75 Å². The summed E-state index contributed by atoms with van der Waals surface area (Å²) < 4.78 is 10.3. The lowest BCUT2D eigenvalue weighted by molar-refractivity contribution is -0.145. The van der Waals surface area contributed by atoms with Crippen molar-refractivity contribution < 1.29 is 14.3 Å². The molecule has 0 radical (unpaired) electrons. The number of aryl methyl sites for hydroxylation is 1. The van der Waals surface area contributed by atoms with Gasteiger partial charge in [-0.3, -0.25) is 0 Å². The molecule has 0 aliphatic heterocycles. The Balaban J connectivity index is 2.05. The van der Waals surface area contributed by atoms with Gasteiger partial charge in [-0.2, -0.15) is 0 Å². The molecule has 4 nitrogen and oxygen atoms in total. The Labute approximate surface area is 114 Å². The second-order valence-electron chi connectivity index (χ2n) is 4.69. The van der Waals surface area contributed by atoms with Crippen molar-refractivity contribution in [2.45, 2.75) is 32.2 Å². The summed E-state index contributed by atoms with van der Waals surface area (Å²) in [5.41, 5.74) is 2.66. The average Bonchev–Trinajstić information content (AvgIpc) is 2.44. The van der Waals surface area contributed by atoms with Gasteiger partial charge >= 0.3 is 5.97 Å². The number of carbonyl (C=O) groups is 1. The summed E-state index contributed by atoms with van der Waals surface area (Å²) in [6.07, 6.45) is 3.47. The van der Waals surface area contributed by atoms with Gasteiger partial charge in [0.2, 0.25) is 0 Å². The van der Waals surface area contributed by atoms with E-state index in [1.165, 1.54) is 17.5 Å². The molecule has 4 heteroatoms. The van der Waals surface area contributed by atoms with Crippen molar-refractivity contribution in [2.75, 3.05) is 20.3 Å². The van der Waals surface area contributed by atoms with Gasteiger partial charge < -0.3 is 14.8 Å². The molecular formula is C15H21NO3. The first-order chi connectivity index (χ1) is 9.24. The molecule has 1 aromatic rings. The van der Waals surface area contributed by atoms with Crippen LogP contribution in [-0.2, 0) is 16.0 Å². The minimum atomic E-state index is -0.328. The summed E-state index contributed by atoms with van der Waals surface area (Å²) in [7, 11) is 1.98. The maximum Gasteiger partial charge on any atom is 0.344 e. The maximum atomic E-state index is 11.3. The Hall–Kier alpha value is -1.55. The van der Waals surface area contributed by atoms with Gasteiger partial charge in [0.1, 0.15) is 5.75 Å². The zero-order valence-electron chi connectivity index (χ0n) is 11.6. The van der Waals surface area contributed by atoms with Crippen LogP contribution in [0.5, 0.6) is 5.75 Å². The first kappa shape index (κ1) is 13.9. The Morgan fingerprint density at radius 3 is 3.05 bits per heavy atom. The van der Waals surface area contributed by atoms with Crippen LogP contribution in [0.2, 0.25) is 0 Å². The lowest BCUT2D eigenvalue weighted by atomic mass is 9.87. The van der Waals surface area contributed by atoms with Crippen LogP contribution >= 0.6 is 0 Å². The number of hydrogen-bond acceptors (Lipinski definition) is 4. The third-order valence-corrected chi connectivity index (χ3v) is 3.44. The Bertz CT molecular complexity index is 445. The molecule has 0 saturated heterocycles. The van der Waals surface area contributed by atoms with Crippen LogP contribution in [0, 0.1) is 0 Å². The molecule has 1 unspecified atom stereocenters. The molecule has 2 rings (SSSR count). The molecule has 0 spiro atoms. The molecule has 1 aliphatic rings. The van der Waals surface area contributed by atoms with Crippen LogP contribution in [-0.4, -0.2) is 26.2 Å². The van der Waals surface area contributed by atoms with E-state index in [2.05, 4.69) is 11.4 Å². The van der Waals surface area contributed by atoms with Gasteiger partial charge in [-0.25, -0.2) is 4.79 Å². The average molecular weight is 263 g/mol. The highest BCUT2D eigenvalue weighted by Crippen LogP contribution is 2.32. The molecule has 0 aromatic heterocycles. The molecule has 1 aromatic carbocycles. The number of benzene rings is 1. The highest BCUT2D eigenvalue weighted by atomic mass is 16.6. The van der Waals surface area contributed by atoms with E-state index in [4.69, 9.17) is 9.47 Å². The first-order valence-electron chi connectivity index (χ1n) is 6.83. The largest absolute Gasteiger partial charge is 0.482 e. The molecular weight excluding hydrogens is 242 g/mol. The minimum absolute atomic E-state index is 0.0309. The van der Waals surface area contributed by atoms with E-state index >= 15 is 0 Å². The first-order valence-corrected chi connectivity index (χ1v) is 6.83. The third-order valence-electron chi connectivity index (χ3n) is 3.44. The zero-order chi connectivity index (χ0) is 13.7. The van der Waals surface area contributed by atoms with Gasteiger partial charge in [0, 0.05) is 6.04 Å². The topological polar surface area (TPSA) is 47.6 Å². The standard InChI is InChI=1S/C15H21NO3/c1-3-18-15(17)10-19-12-8-7-11-5-4-6-14(16-2)13(11)9-12/h7-9,14,16H,3-6,10H2,1-2H3. The number of carbonyl (C=O) groups excluding carboxylic acids is 1. The molecule has 0 amide bonds. The van der Waals surface area contributed by atoms with E-state index in [1.807, 2.05) is 19.2 Å². The zero-order valence-corrected chi connectivity index (χ0v) is 11.6. The van der Waals surface area contributed by atoms with Crippen LogP contribution in [0.25, 0.3) is 0 Å². The fourth-order valence-electron chi connectivity index (χ4n) is 2.51. The monoisotopic (exact) mass is 263 g/mol. The van der Waals surface area contributed by atoms with E-state index < -0.39 is 0 Å². The van der Waals surface area contributed by atoms with E-state index in [0.717, 1.165) is 18.6 Å². The summed E-state index contributed by atoms with van der Waals surface area (Å²) in [4.78, 5) is 11.3. The highest BCUT2D eigenvalue weighted by Gasteiger charge is 2.19. The van der Waals surface area contributed by atoms with Crippen molar-refractivity contribution in [1.82, 2.24) is 5.32 Å². The molecule has 104 valence electrons. The SMILES string of the molecule is CCOC(=O)COc1ccc2c(c1)C(NC)CCC2. The second-order valence-corrected chi connectivity index (χ2v) is 4.69. The molecule has 0 bridgehead atoms. The van der Waals surface area contributed by atoms with Gasteiger partial charge in [0.25, 0.3) is 0 Å². The molecule has 1 aliphatic carbocycles. The van der Waals surface area contributed by atoms with Gasteiger partial charge in [-0.05, 0) is 56.5 Å². The summed E-state index contributed by atoms with van der Waals surface area (Å²) in [5.74, 6) is 0.402. The number of rotatable bonds is 5. The predicted octanol–water partition coefficient (Wildman–Crippen LogP) is 2.23. The lowest BCUT2D eigenvalue weighted by Gasteiger charge is -2.25.